The predicted octanol–water partition coefficient (Wildman–Crippen LogP) is 1.05. The lowest BCUT2D eigenvalue weighted by atomic mass is 10.2. The van der Waals surface area contributed by atoms with Gasteiger partial charge in [0.15, 0.2) is 0 Å². The third-order valence-corrected chi connectivity index (χ3v) is 6.01. The van der Waals surface area contributed by atoms with E-state index in [4.69, 9.17) is 4.74 Å². The zero-order chi connectivity index (χ0) is 18.8. The van der Waals surface area contributed by atoms with Gasteiger partial charge in [-0.25, -0.2) is 0 Å². The Balaban J connectivity index is 1.67. The van der Waals surface area contributed by atoms with Crippen LogP contribution in [0.25, 0.3) is 0 Å². The molecule has 2 saturated heterocycles. The highest BCUT2D eigenvalue weighted by Crippen LogP contribution is 2.36. The predicted molar refractivity (Wildman–Crippen MR) is 95.0 cm³/mol. The molecule has 0 bridgehead atoms. The molecule has 2 aliphatic heterocycles. The Kier molecular flexibility index (Phi) is 5.18. The number of carbonyl (C=O) groups is 5. The van der Waals surface area contributed by atoms with Crippen LogP contribution in [0.15, 0.2) is 24.3 Å². The molecule has 0 saturated carbocycles. The highest BCUT2D eigenvalue weighted by Gasteiger charge is 2.50. The van der Waals surface area contributed by atoms with E-state index in [1.54, 1.807) is 24.3 Å². The normalized spacial score (nSPS) is 22.6. The Morgan fingerprint density at radius 1 is 1.19 bits per heavy atom. The maximum atomic E-state index is 12.4. The minimum absolute atomic E-state index is 0.402. The monoisotopic (exact) mass is 395 g/mol. The van der Waals surface area contributed by atoms with Crippen LogP contribution >= 0.6 is 23.5 Å². The number of thioether (sulfide) groups is 2. The van der Waals surface area contributed by atoms with Crippen LogP contribution in [0, 0.1) is 0 Å². The van der Waals surface area contributed by atoms with E-state index in [2.05, 4.69) is 10.6 Å². The highest BCUT2D eigenvalue weighted by molar-refractivity contribution is 8.19. The molecule has 2 heterocycles. The van der Waals surface area contributed by atoms with Crippen LogP contribution in [0.4, 0.5) is 15.3 Å². The van der Waals surface area contributed by atoms with E-state index in [9.17, 15) is 24.0 Å². The van der Waals surface area contributed by atoms with Gasteiger partial charge in [0.1, 0.15) is 22.8 Å². The quantitative estimate of drug-likeness (QED) is 0.759. The van der Waals surface area contributed by atoms with Crippen LogP contribution in [0.5, 0.6) is 5.75 Å². The van der Waals surface area contributed by atoms with Gasteiger partial charge in [-0.05, 0) is 35.7 Å². The molecule has 26 heavy (non-hydrogen) atoms. The van der Waals surface area contributed by atoms with Crippen molar-refractivity contribution in [2.24, 2.45) is 0 Å². The van der Waals surface area contributed by atoms with Crippen molar-refractivity contribution in [1.29, 1.82) is 0 Å². The first-order valence-electron chi connectivity index (χ1n) is 7.37. The van der Waals surface area contributed by atoms with Gasteiger partial charge in [-0.3, -0.25) is 34.2 Å². The van der Waals surface area contributed by atoms with E-state index in [0.29, 0.717) is 35.0 Å². The highest BCUT2D eigenvalue weighted by atomic mass is 32.2. The molecular weight excluding hydrogens is 382 g/mol. The molecule has 3 rings (SSSR count). The summed E-state index contributed by atoms with van der Waals surface area (Å²) in [6, 6.07) is 6.70. The van der Waals surface area contributed by atoms with Gasteiger partial charge in [-0.2, -0.15) is 0 Å². The number of rotatable bonds is 5. The lowest BCUT2D eigenvalue weighted by molar-refractivity contribution is -0.131. The number of ether oxygens (including phenoxy) is 1. The molecule has 2 atom stereocenters. The average molecular weight is 395 g/mol. The Morgan fingerprint density at radius 3 is 2.58 bits per heavy atom. The van der Waals surface area contributed by atoms with Crippen LogP contribution in [-0.4, -0.2) is 57.3 Å². The van der Waals surface area contributed by atoms with Gasteiger partial charge in [0, 0.05) is 0 Å². The van der Waals surface area contributed by atoms with Crippen LogP contribution in [0.3, 0.4) is 0 Å². The Morgan fingerprint density at radius 2 is 1.92 bits per heavy atom. The van der Waals surface area contributed by atoms with Crippen LogP contribution in [0.1, 0.15) is 0 Å². The molecule has 2 unspecified atom stereocenters. The van der Waals surface area contributed by atoms with Gasteiger partial charge in [0.25, 0.3) is 10.5 Å². The molecule has 2 N–H and O–H groups in total. The molecule has 9 nitrogen and oxygen atoms in total. The summed E-state index contributed by atoms with van der Waals surface area (Å²) >= 11 is 1.31. The molecular formula is C15H13N3O6S2. The third kappa shape index (κ3) is 3.53. The van der Waals surface area contributed by atoms with E-state index in [1.165, 1.54) is 7.11 Å². The first-order chi connectivity index (χ1) is 12.4. The summed E-state index contributed by atoms with van der Waals surface area (Å²) in [7, 11) is 1.45. The fourth-order valence-electron chi connectivity index (χ4n) is 2.45. The topological polar surface area (TPSA) is 122 Å². The molecule has 0 aromatic heterocycles. The van der Waals surface area contributed by atoms with Crippen LogP contribution < -0.4 is 15.4 Å². The zero-order valence-electron chi connectivity index (χ0n) is 13.4. The number of hydrogen-bond acceptors (Lipinski definition) is 8. The minimum atomic E-state index is -1.03. The number of anilines is 1. The maximum absolute atomic E-state index is 12.4. The second kappa shape index (κ2) is 7.38. The number of benzene rings is 1. The van der Waals surface area contributed by atoms with Crippen molar-refractivity contribution in [3.05, 3.63) is 24.3 Å². The standard InChI is InChI=1S/C15H13N3O6S2/c1-24-8-5-3-2-4-7(8)16-9(19)6-18-13(21)11(26-15(18)23)10-12(20)17-14(22)25-10/h2-5,10-11H,6H2,1H3,(H,16,19)(H,17,20,22). The fraction of sp³-hybridized carbons (Fsp3) is 0.267. The first kappa shape index (κ1) is 18.3. The molecule has 0 aliphatic carbocycles. The summed E-state index contributed by atoms with van der Waals surface area (Å²) in [4.78, 5) is 60.5. The largest absolute Gasteiger partial charge is 0.495 e. The SMILES string of the molecule is COc1ccccc1NC(=O)CN1C(=O)SC(C2SC(=O)NC2=O)C1=O. The Bertz CT molecular complexity index is 814. The van der Waals surface area contributed by atoms with Crippen molar-refractivity contribution in [2.45, 2.75) is 10.5 Å². The van der Waals surface area contributed by atoms with Gasteiger partial charge < -0.3 is 10.1 Å². The number of imide groups is 2. The van der Waals surface area contributed by atoms with Gasteiger partial charge in [0.05, 0.1) is 12.8 Å². The zero-order valence-corrected chi connectivity index (χ0v) is 15.0. The van der Waals surface area contributed by atoms with E-state index in [-0.39, 0.29) is 0 Å². The second-order valence-corrected chi connectivity index (χ2v) is 7.50. The van der Waals surface area contributed by atoms with Crippen molar-refractivity contribution in [1.82, 2.24) is 10.2 Å². The molecule has 0 radical (unpaired) electrons. The molecule has 11 heteroatoms. The first-order valence-corrected chi connectivity index (χ1v) is 9.13. The van der Waals surface area contributed by atoms with Crippen molar-refractivity contribution < 1.29 is 28.7 Å². The number of para-hydroxylation sites is 2. The van der Waals surface area contributed by atoms with E-state index >= 15 is 0 Å². The molecule has 0 spiro atoms. The lowest BCUT2D eigenvalue weighted by Gasteiger charge is -2.15. The molecule has 1 aromatic carbocycles. The van der Waals surface area contributed by atoms with Crippen molar-refractivity contribution in [2.75, 3.05) is 19.0 Å². The average Bonchev–Trinajstić information content (AvgIpc) is 3.08. The summed E-state index contributed by atoms with van der Waals surface area (Å²) in [6.45, 7) is -0.494. The van der Waals surface area contributed by atoms with Gasteiger partial charge in [-0.15, -0.1) is 0 Å². The Labute approximate surface area is 156 Å². The van der Waals surface area contributed by atoms with E-state index in [0.717, 1.165) is 4.90 Å². The Hall–Kier alpha value is -2.53. The number of carbonyl (C=O) groups excluding carboxylic acids is 5. The van der Waals surface area contributed by atoms with Crippen molar-refractivity contribution in [3.63, 3.8) is 0 Å². The van der Waals surface area contributed by atoms with E-state index in [1.807, 2.05) is 0 Å². The number of amides is 5. The second-order valence-electron chi connectivity index (χ2n) is 5.29. The molecule has 136 valence electrons. The summed E-state index contributed by atoms with van der Waals surface area (Å²) in [5.74, 6) is -1.43. The summed E-state index contributed by atoms with van der Waals surface area (Å²) in [5.41, 5.74) is 0.402. The number of nitrogens with zero attached hydrogens (tertiary/aromatic N) is 1. The summed E-state index contributed by atoms with van der Waals surface area (Å²) in [6.07, 6.45) is 0. The van der Waals surface area contributed by atoms with Gasteiger partial charge in [-0.1, -0.05) is 12.1 Å². The minimum Gasteiger partial charge on any atom is -0.495 e. The van der Waals surface area contributed by atoms with Gasteiger partial charge >= 0.3 is 0 Å². The number of nitrogens with one attached hydrogen (secondary N) is 2. The van der Waals surface area contributed by atoms with E-state index < -0.39 is 45.2 Å². The third-order valence-electron chi connectivity index (χ3n) is 3.63. The smallest absolute Gasteiger partial charge is 0.289 e. The molecule has 1 aromatic rings. The number of hydrogen-bond donors (Lipinski definition) is 2. The fourth-order valence-corrected chi connectivity index (χ4v) is 4.55. The number of methoxy groups -OCH3 is 1. The van der Waals surface area contributed by atoms with Crippen molar-refractivity contribution >= 4 is 57.4 Å². The van der Waals surface area contributed by atoms with Gasteiger partial charge in [0.2, 0.25) is 17.7 Å². The van der Waals surface area contributed by atoms with Crippen molar-refractivity contribution in [3.8, 4) is 5.75 Å². The summed E-state index contributed by atoms with van der Waals surface area (Å²) in [5, 5.41) is 1.44. The molecule has 2 aliphatic rings. The van der Waals surface area contributed by atoms with Crippen LogP contribution in [0.2, 0.25) is 0 Å². The maximum Gasteiger partial charge on any atom is 0.289 e. The lowest BCUT2D eigenvalue weighted by Crippen LogP contribution is -2.42. The molecule has 5 amide bonds. The summed E-state index contributed by atoms with van der Waals surface area (Å²) < 4.78 is 5.12. The van der Waals surface area contributed by atoms with Crippen LogP contribution in [-0.2, 0) is 14.4 Å². The molecule has 2 fully saturated rings.